The highest BCUT2D eigenvalue weighted by atomic mass is 35.5. The van der Waals surface area contributed by atoms with Crippen molar-refractivity contribution in [3.8, 4) is 0 Å². The number of amides is 2. The van der Waals surface area contributed by atoms with E-state index in [0.717, 1.165) is 44.1 Å². The van der Waals surface area contributed by atoms with Gasteiger partial charge >= 0.3 is 0 Å². The van der Waals surface area contributed by atoms with Gasteiger partial charge in [0.05, 0.1) is 17.6 Å². The van der Waals surface area contributed by atoms with Crippen LogP contribution in [0, 0.1) is 17.7 Å². The largest absolute Gasteiger partial charge is 0.345 e. The van der Waals surface area contributed by atoms with E-state index in [1.54, 1.807) is 18.2 Å². The quantitative estimate of drug-likeness (QED) is 0.230. The van der Waals surface area contributed by atoms with Gasteiger partial charge in [0.15, 0.2) is 5.84 Å². The molecular weight excluding hydrogens is 557 g/mol. The molecule has 2 unspecified atom stereocenters. The molecule has 2 aliphatic rings. The van der Waals surface area contributed by atoms with Gasteiger partial charge in [-0.2, -0.15) is 0 Å². The summed E-state index contributed by atoms with van der Waals surface area (Å²) < 4.78 is 14.0. The molecule has 0 aromatic heterocycles. The molecule has 2 aromatic carbocycles. The minimum atomic E-state index is -0.534. The molecule has 0 saturated carbocycles. The fraction of sp³-hybridized carbons (Fsp3) is 0.484. The normalized spacial score (nSPS) is 17.9. The fourth-order valence-corrected chi connectivity index (χ4v) is 5.72. The highest BCUT2D eigenvalue weighted by Gasteiger charge is 2.41. The van der Waals surface area contributed by atoms with E-state index < -0.39 is 5.82 Å². The molecule has 42 heavy (non-hydrogen) atoms. The zero-order valence-corrected chi connectivity index (χ0v) is 25.5. The number of nitrogens with zero attached hydrogens (tertiary/aromatic N) is 3. The maximum atomic E-state index is 14.2. The third kappa shape index (κ3) is 7.46. The van der Waals surface area contributed by atoms with Crippen LogP contribution in [0.2, 0.25) is 5.02 Å². The molecule has 0 spiro atoms. The van der Waals surface area contributed by atoms with Crippen molar-refractivity contribution in [2.75, 3.05) is 6.54 Å². The zero-order chi connectivity index (χ0) is 30.2. The number of benzene rings is 2. The summed E-state index contributed by atoms with van der Waals surface area (Å²) in [6.45, 7) is 8.97. The summed E-state index contributed by atoms with van der Waals surface area (Å²) in [6, 6.07) is 11.5. The van der Waals surface area contributed by atoms with Crippen LogP contribution in [-0.2, 0) is 4.79 Å². The number of carbonyl (C=O) groups is 2. The first-order valence-corrected chi connectivity index (χ1v) is 15.2. The number of aliphatic imine (C=N–C) groups is 1. The Labute approximate surface area is 252 Å². The molecule has 2 heterocycles. The lowest BCUT2D eigenvalue weighted by atomic mass is 9.86. The first-order chi connectivity index (χ1) is 20.2. The van der Waals surface area contributed by atoms with Gasteiger partial charge < -0.3 is 10.2 Å². The fourth-order valence-electron chi connectivity index (χ4n) is 5.54. The van der Waals surface area contributed by atoms with Crippen LogP contribution in [0.3, 0.4) is 0 Å². The van der Waals surface area contributed by atoms with Crippen LogP contribution in [0.5, 0.6) is 0 Å². The predicted octanol–water partition coefficient (Wildman–Crippen LogP) is 5.49. The highest BCUT2D eigenvalue weighted by molar-refractivity contribution is 6.47. The summed E-state index contributed by atoms with van der Waals surface area (Å²) in [5, 5.41) is 6.76. The molecule has 0 bridgehead atoms. The first-order valence-electron chi connectivity index (χ1n) is 14.8. The van der Waals surface area contributed by atoms with Gasteiger partial charge in [0.25, 0.3) is 11.8 Å². The lowest BCUT2D eigenvalue weighted by Crippen LogP contribution is -2.41. The van der Waals surface area contributed by atoms with Crippen molar-refractivity contribution in [1.29, 1.82) is 0 Å². The van der Waals surface area contributed by atoms with Crippen molar-refractivity contribution in [1.82, 2.24) is 26.7 Å². The minimum absolute atomic E-state index is 0.0382. The van der Waals surface area contributed by atoms with Crippen molar-refractivity contribution in [2.45, 2.75) is 78.4 Å². The summed E-state index contributed by atoms with van der Waals surface area (Å²) in [4.78, 5) is 33.8. The Kier molecular flexibility index (Phi) is 10.9. The van der Waals surface area contributed by atoms with E-state index in [1.165, 1.54) is 12.1 Å². The Balaban J connectivity index is 1.64. The van der Waals surface area contributed by atoms with Crippen molar-refractivity contribution in [3.05, 3.63) is 70.0 Å². The maximum absolute atomic E-state index is 14.2. The zero-order valence-electron chi connectivity index (χ0n) is 24.7. The molecule has 4 N–H and O–H groups in total. The minimum Gasteiger partial charge on any atom is -0.345 e. The Morgan fingerprint density at radius 3 is 2.50 bits per heavy atom. The second-order valence-corrected chi connectivity index (χ2v) is 11.6. The number of hydrazone groups is 1. The Morgan fingerprint density at radius 2 is 1.88 bits per heavy atom. The van der Waals surface area contributed by atoms with E-state index in [0.29, 0.717) is 34.5 Å². The standard InChI is InChI=1S/C31H41ClFN7O2/c1-5-7-9-26(20-10-12-21(13-11-20)30(41)34-18-27-36-38-39-37-27)40-28(17-22(8-6-2)19(3)4)35-29(31(40)42)23-14-15-25(33)24(32)16-23/h10-16,19,22,26,28,38-39H,5-9,17-18H2,1-4H3,(H,34,41)(H,36,37)/t22?,26-,28?/m1/s1. The van der Waals surface area contributed by atoms with Gasteiger partial charge in [0, 0.05) is 11.1 Å². The van der Waals surface area contributed by atoms with E-state index in [9.17, 15) is 14.0 Å². The molecule has 2 aromatic rings. The second kappa shape index (κ2) is 14.6. The summed E-state index contributed by atoms with van der Waals surface area (Å²) in [5.41, 5.74) is 10.3. The molecule has 226 valence electrons. The summed E-state index contributed by atoms with van der Waals surface area (Å²) in [6.07, 6.45) is 5.11. The smallest absolute Gasteiger partial charge is 0.274 e. The van der Waals surface area contributed by atoms with Crippen molar-refractivity contribution in [3.63, 3.8) is 0 Å². The summed E-state index contributed by atoms with van der Waals surface area (Å²) in [7, 11) is 0. The summed E-state index contributed by atoms with van der Waals surface area (Å²) in [5.74, 6) is 0.448. The Morgan fingerprint density at radius 1 is 1.12 bits per heavy atom. The Hall–Kier alpha value is -3.50. The molecule has 11 heteroatoms. The van der Waals surface area contributed by atoms with E-state index in [4.69, 9.17) is 16.6 Å². The Bertz CT molecular complexity index is 1310. The van der Waals surface area contributed by atoms with Crippen LogP contribution >= 0.6 is 11.6 Å². The topological polar surface area (TPSA) is 110 Å². The molecule has 0 saturated heterocycles. The monoisotopic (exact) mass is 597 g/mol. The molecule has 3 atom stereocenters. The third-order valence-corrected chi connectivity index (χ3v) is 8.23. The number of unbranched alkanes of at least 4 members (excludes halogenated alkanes) is 1. The molecule has 0 fully saturated rings. The van der Waals surface area contributed by atoms with Crippen molar-refractivity contribution in [2.24, 2.45) is 21.9 Å². The van der Waals surface area contributed by atoms with Crippen molar-refractivity contribution >= 4 is 35.0 Å². The van der Waals surface area contributed by atoms with E-state index in [-0.39, 0.29) is 35.6 Å². The number of halogens is 2. The van der Waals surface area contributed by atoms with Crippen molar-refractivity contribution < 1.29 is 14.0 Å². The van der Waals surface area contributed by atoms with Crippen LogP contribution in [0.4, 0.5) is 4.39 Å². The lowest BCUT2D eigenvalue weighted by Gasteiger charge is -2.35. The molecule has 2 amide bonds. The number of amidine groups is 1. The third-order valence-electron chi connectivity index (χ3n) is 7.94. The van der Waals surface area contributed by atoms with Gasteiger partial charge in [-0.05, 0) is 60.6 Å². The van der Waals surface area contributed by atoms with Gasteiger partial charge in [0.2, 0.25) is 0 Å². The average Bonchev–Trinajstić information content (AvgIpc) is 3.62. The van der Waals surface area contributed by atoms with E-state index >= 15 is 0 Å². The van der Waals surface area contributed by atoms with Crippen LogP contribution in [0.15, 0.2) is 52.6 Å². The average molecular weight is 598 g/mol. The van der Waals surface area contributed by atoms with Gasteiger partial charge in [-0.25, -0.2) is 9.93 Å². The molecule has 2 aliphatic heterocycles. The van der Waals surface area contributed by atoms with Crippen LogP contribution < -0.4 is 21.8 Å². The number of hydrogen-bond acceptors (Lipinski definition) is 7. The SMILES string of the molecule is CCCC[C@H](c1ccc(C(=O)NCC2=NNNN2)cc1)N1C(=O)C(c2ccc(F)c(Cl)c2)=NC1CC(CCC)C(C)C. The predicted molar refractivity (Wildman–Crippen MR) is 164 cm³/mol. The number of hydrazine groups is 2. The number of carbonyl (C=O) groups excluding carboxylic acids is 2. The summed E-state index contributed by atoms with van der Waals surface area (Å²) >= 11 is 6.10. The van der Waals surface area contributed by atoms with Gasteiger partial charge in [-0.15, -0.1) is 10.6 Å². The first kappa shape index (κ1) is 31.4. The second-order valence-electron chi connectivity index (χ2n) is 11.2. The van der Waals surface area contributed by atoms with Gasteiger partial charge in [-0.1, -0.05) is 77.1 Å². The van der Waals surface area contributed by atoms with E-state index in [2.05, 4.69) is 54.6 Å². The molecule has 9 nitrogen and oxygen atoms in total. The molecular formula is C31H41ClFN7O2. The van der Waals surface area contributed by atoms with Gasteiger partial charge in [-0.3, -0.25) is 20.0 Å². The van der Waals surface area contributed by atoms with Crippen LogP contribution in [0.1, 0.15) is 93.7 Å². The molecule has 0 radical (unpaired) electrons. The number of rotatable bonds is 14. The molecule has 4 rings (SSSR count). The van der Waals surface area contributed by atoms with E-state index in [1.807, 2.05) is 17.0 Å². The number of nitrogens with one attached hydrogen (secondary N) is 4. The maximum Gasteiger partial charge on any atom is 0.274 e. The van der Waals surface area contributed by atoms with Crippen LogP contribution in [-0.4, -0.2) is 41.0 Å². The van der Waals surface area contributed by atoms with Crippen LogP contribution in [0.25, 0.3) is 0 Å². The number of hydrogen-bond donors (Lipinski definition) is 4. The lowest BCUT2D eigenvalue weighted by molar-refractivity contribution is -0.127. The molecule has 0 aliphatic carbocycles. The van der Waals surface area contributed by atoms with Gasteiger partial charge in [0.1, 0.15) is 17.7 Å². The highest BCUT2D eigenvalue weighted by Crippen LogP contribution is 2.37.